The molecule has 0 fully saturated rings. The zero-order chi connectivity index (χ0) is 21.0. The lowest BCUT2D eigenvalue weighted by Gasteiger charge is -2.24. The Labute approximate surface area is 194 Å². The number of benzene rings is 2. The van der Waals surface area contributed by atoms with Crippen LogP contribution in [-0.2, 0) is 22.9 Å². The maximum Gasteiger partial charge on any atom is -0.00762 e. The van der Waals surface area contributed by atoms with Gasteiger partial charge < -0.3 is 0 Å². The molecule has 0 nitrogen and oxygen atoms in total. The lowest BCUT2D eigenvalue weighted by molar-refractivity contribution is 0.717. The summed E-state index contributed by atoms with van der Waals surface area (Å²) in [7, 11) is 4.88. The molecule has 2 aromatic rings. The molecule has 0 bridgehead atoms. The van der Waals surface area contributed by atoms with E-state index in [0.717, 1.165) is 0 Å². The van der Waals surface area contributed by atoms with Crippen LogP contribution in [0.5, 0.6) is 0 Å². The van der Waals surface area contributed by atoms with E-state index in [1.165, 1.54) is 73.6 Å². The summed E-state index contributed by atoms with van der Waals surface area (Å²) in [5.74, 6) is 1.34. The van der Waals surface area contributed by atoms with E-state index in [2.05, 4.69) is 63.7 Å². The van der Waals surface area contributed by atoms with Gasteiger partial charge in [0.1, 0.15) is 0 Å². The Balaban J connectivity index is 0.00000420. The Kier molecular flexibility index (Phi) is 13.3. The molecule has 0 radical (unpaired) electrons. The van der Waals surface area contributed by atoms with Gasteiger partial charge in [-0.05, 0) is 135 Å². The Bertz CT molecular complexity index is 894. The van der Waals surface area contributed by atoms with Gasteiger partial charge in [0, 0.05) is 0 Å². The smallest absolute Gasteiger partial charge is 0.00762 e. The second kappa shape index (κ2) is 13.4. The monoisotopic (exact) mass is 466 g/mol. The molecule has 0 saturated carbocycles. The number of unbranched alkanes of at least 4 members (excludes halogenated alkanes) is 2. The minimum absolute atomic E-state index is 0. The molecule has 0 aliphatic carbocycles. The first kappa shape index (κ1) is 29.8. The fourth-order valence-corrected chi connectivity index (χ4v) is 6.90. The molecular formula is C27H48P2S. The number of fused-ring (bicyclic) bond motifs is 1. The van der Waals surface area contributed by atoms with Gasteiger partial charge in [-0.15, -0.1) is 0 Å². The van der Waals surface area contributed by atoms with Crippen LogP contribution in [0.25, 0.3) is 10.8 Å². The lowest BCUT2D eigenvalue weighted by atomic mass is 9.80. The van der Waals surface area contributed by atoms with Crippen LogP contribution >= 0.6 is 16.0 Å². The second-order valence-electron chi connectivity index (χ2n) is 8.43. The Morgan fingerprint density at radius 2 is 1.10 bits per heavy atom. The van der Waals surface area contributed by atoms with Crippen LogP contribution in [0.15, 0.2) is 0 Å². The summed E-state index contributed by atoms with van der Waals surface area (Å²) in [6, 6.07) is 0. The summed E-state index contributed by atoms with van der Waals surface area (Å²) in [6.07, 6.45) is 10.1. The fraction of sp³-hybridized carbons (Fsp3) is 0.630. The van der Waals surface area contributed by atoms with Gasteiger partial charge in [0.2, 0.25) is 0 Å². The number of rotatable bonds is 8. The van der Waals surface area contributed by atoms with Crippen molar-refractivity contribution in [1.82, 2.24) is 0 Å². The lowest BCUT2D eigenvalue weighted by Crippen LogP contribution is -2.07. The molecule has 0 aliphatic heterocycles. The van der Waals surface area contributed by atoms with Gasteiger partial charge in [-0.1, -0.05) is 50.6 Å². The van der Waals surface area contributed by atoms with Gasteiger partial charge in [0.25, 0.3) is 0 Å². The van der Waals surface area contributed by atoms with Gasteiger partial charge >= 0.3 is 0 Å². The molecule has 3 heteroatoms. The normalized spacial score (nSPS) is 12.0. The van der Waals surface area contributed by atoms with Gasteiger partial charge in [-0.25, -0.2) is 0 Å². The van der Waals surface area contributed by atoms with Gasteiger partial charge in [0.15, 0.2) is 0 Å². The summed E-state index contributed by atoms with van der Waals surface area (Å²) in [4.78, 5) is 0. The van der Waals surface area contributed by atoms with Crippen molar-refractivity contribution in [2.24, 2.45) is 0 Å². The average molecular weight is 467 g/mol. The van der Waals surface area contributed by atoms with E-state index in [9.17, 15) is 0 Å². The van der Waals surface area contributed by atoms with Crippen LogP contribution in [-0.4, -0.2) is 12.0 Å². The standard InChI is InChI=1S/C25H40P2S.2CH4/c1-9-10-11-13-22-18(4)19(5)23(14-12-15-28(8)27-26)25-21(7)17(3)16(2)20(6)24(22)25;;/h9-15,26H2,1-8H3;2*1H4. The van der Waals surface area contributed by atoms with Crippen molar-refractivity contribution < 1.29 is 0 Å². The molecule has 172 valence electrons. The third-order valence-electron chi connectivity index (χ3n) is 6.84. The zero-order valence-corrected chi connectivity index (χ0v) is 22.2. The van der Waals surface area contributed by atoms with Crippen LogP contribution in [0.1, 0.15) is 92.0 Å². The summed E-state index contributed by atoms with van der Waals surface area (Å²) in [5.41, 5.74) is 12.4. The first-order valence-electron chi connectivity index (χ1n) is 10.8. The fourth-order valence-electron chi connectivity index (χ4n) is 4.58. The SMILES string of the molecule is C.C.CCCCCc1c(C)c(C)c(CCCS(C)=PP)c2c(C)c(C)c(C)c(C)c12. The van der Waals surface area contributed by atoms with E-state index in [1.54, 1.807) is 33.0 Å². The molecule has 2 atom stereocenters. The molecule has 0 saturated heterocycles. The predicted molar refractivity (Wildman–Crippen MR) is 152 cm³/mol. The van der Waals surface area contributed by atoms with E-state index >= 15 is 0 Å². The Hall–Kier alpha value is -0.220. The van der Waals surface area contributed by atoms with Crippen LogP contribution in [0.2, 0.25) is 0 Å². The van der Waals surface area contributed by atoms with Gasteiger partial charge in [0.05, 0.1) is 0 Å². The van der Waals surface area contributed by atoms with Crippen molar-refractivity contribution in [3.8, 4) is 0 Å². The maximum atomic E-state index is 2.89. The topological polar surface area (TPSA) is 0 Å². The van der Waals surface area contributed by atoms with E-state index < -0.39 is 0 Å². The van der Waals surface area contributed by atoms with E-state index in [1.807, 2.05) is 0 Å². The summed E-state index contributed by atoms with van der Waals surface area (Å²) >= 11 is 0. The van der Waals surface area contributed by atoms with E-state index in [4.69, 9.17) is 0 Å². The van der Waals surface area contributed by atoms with Crippen LogP contribution < -0.4 is 0 Å². The maximum absolute atomic E-state index is 2.89. The minimum atomic E-state index is 0. The van der Waals surface area contributed by atoms with Crippen LogP contribution in [0, 0.1) is 41.5 Å². The summed E-state index contributed by atoms with van der Waals surface area (Å²) < 4.78 is 0. The minimum Gasteiger partial charge on any atom is -0.162 e. The zero-order valence-electron chi connectivity index (χ0n) is 19.4. The van der Waals surface area contributed by atoms with E-state index in [-0.39, 0.29) is 14.9 Å². The molecule has 2 unspecified atom stereocenters. The van der Waals surface area contributed by atoms with Gasteiger partial charge in [-0.3, -0.25) is 0 Å². The number of hydrogen-bond donors (Lipinski definition) is 0. The highest BCUT2D eigenvalue weighted by Crippen LogP contribution is 2.39. The van der Waals surface area contributed by atoms with Crippen LogP contribution in [0.3, 0.4) is 0 Å². The first-order chi connectivity index (χ1) is 13.3. The molecule has 30 heavy (non-hydrogen) atoms. The third kappa shape index (κ3) is 6.18. The number of aryl methyl sites for hydroxylation is 4. The second-order valence-corrected chi connectivity index (χ2v) is 14.6. The highest BCUT2D eigenvalue weighted by molar-refractivity contribution is 8.38. The molecule has 0 spiro atoms. The van der Waals surface area contributed by atoms with Gasteiger partial charge in [-0.2, -0.15) is 10.1 Å². The molecule has 0 heterocycles. The highest BCUT2D eigenvalue weighted by atomic mass is 32.6. The van der Waals surface area contributed by atoms with Crippen molar-refractivity contribution >= 4 is 36.8 Å². The molecule has 2 rings (SSSR count). The Morgan fingerprint density at radius 3 is 1.50 bits per heavy atom. The van der Waals surface area contributed by atoms with Crippen molar-refractivity contribution in [2.45, 2.75) is 102 Å². The van der Waals surface area contributed by atoms with Crippen molar-refractivity contribution in [1.29, 1.82) is 0 Å². The summed E-state index contributed by atoms with van der Waals surface area (Å²) in [5, 5.41) is 3.18. The molecule has 0 amide bonds. The Morgan fingerprint density at radius 1 is 0.667 bits per heavy atom. The van der Waals surface area contributed by atoms with Crippen molar-refractivity contribution in [3.05, 3.63) is 44.5 Å². The van der Waals surface area contributed by atoms with E-state index in [0.29, 0.717) is 10.1 Å². The third-order valence-corrected chi connectivity index (χ3v) is 12.9. The molecular weight excluding hydrogens is 418 g/mol. The highest BCUT2D eigenvalue weighted by Gasteiger charge is 2.20. The number of hydrogen-bond acceptors (Lipinski definition) is 0. The van der Waals surface area contributed by atoms with Crippen LogP contribution in [0.4, 0.5) is 0 Å². The summed E-state index contributed by atoms with van der Waals surface area (Å²) in [6.45, 7) is 16.4. The van der Waals surface area contributed by atoms with Crippen molar-refractivity contribution in [2.75, 3.05) is 12.0 Å². The predicted octanol–water partition coefficient (Wildman–Crippen LogP) is 9.53. The van der Waals surface area contributed by atoms with Crippen molar-refractivity contribution in [3.63, 3.8) is 0 Å². The first-order valence-corrected chi connectivity index (χ1v) is 15.7. The largest absolute Gasteiger partial charge is 0.162 e. The molecule has 0 aromatic heterocycles. The molecule has 0 aliphatic rings. The average Bonchev–Trinajstić information content (AvgIpc) is 2.69. The quantitative estimate of drug-likeness (QED) is 0.268. The molecule has 0 N–H and O–H groups in total. The molecule has 2 aromatic carbocycles.